The summed E-state index contributed by atoms with van der Waals surface area (Å²) in [4.78, 5) is 24.7. The number of hydrogen-bond donors (Lipinski definition) is 3. The van der Waals surface area contributed by atoms with E-state index in [4.69, 9.17) is 0 Å². The maximum Gasteiger partial charge on any atom is 0.258 e. The summed E-state index contributed by atoms with van der Waals surface area (Å²) >= 11 is 0. The topological polar surface area (TPSA) is 108 Å². The first-order chi connectivity index (χ1) is 12.1. The number of rotatable bonds is 6. The third-order valence-corrected chi connectivity index (χ3v) is 3.33. The summed E-state index contributed by atoms with van der Waals surface area (Å²) in [6.07, 6.45) is 4.09. The molecule has 2 aromatic heterocycles. The Balaban J connectivity index is 1.61. The van der Waals surface area contributed by atoms with Crippen molar-refractivity contribution in [3.63, 3.8) is 0 Å². The third kappa shape index (κ3) is 4.60. The van der Waals surface area contributed by atoms with Crippen LogP contribution in [0.3, 0.4) is 0 Å². The van der Waals surface area contributed by atoms with E-state index in [1.807, 2.05) is 0 Å². The molecule has 3 aromatic rings. The van der Waals surface area contributed by atoms with Gasteiger partial charge in [-0.25, -0.2) is 9.97 Å². The normalized spacial score (nSPS) is 10.7. The van der Waals surface area contributed by atoms with Gasteiger partial charge in [0.25, 0.3) is 5.91 Å². The van der Waals surface area contributed by atoms with Crippen LogP contribution < -0.4 is 10.6 Å². The van der Waals surface area contributed by atoms with Crippen LogP contribution in [-0.4, -0.2) is 31.1 Å². The second kappa shape index (κ2) is 7.52. The van der Waals surface area contributed by atoms with Crippen LogP contribution in [0.1, 0.15) is 30.0 Å². The highest BCUT2D eigenvalue weighted by molar-refractivity contribution is 6.03. The lowest BCUT2D eigenvalue weighted by Crippen LogP contribution is -2.13. The molecule has 8 nitrogen and oxygen atoms in total. The minimum atomic E-state index is -0.266. The average molecular weight is 337 g/mol. The summed E-state index contributed by atoms with van der Waals surface area (Å²) in [7, 11) is 0. The number of nitrogens with one attached hydrogen (secondary N) is 3. The number of amides is 1. The van der Waals surface area contributed by atoms with Gasteiger partial charge in [-0.3, -0.25) is 15.2 Å². The van der Waals surface area contributed by atoms with Crippen LogP contribution >= 0.6 is 0 Å². The van der Waals surface area contributed by atoms with Gasteiger partial charge in [0, 0.05) is 30.1 Å². The van der Waals surface area contributed by atoms with E-state index in [0.717, 1.165) is 17.9 Å². The Kier molecular flexibility index (Phi) is 4.98. The lowest BCUT2D eigenvalue weighted by Gasteiger charge is -2.05. The van der Waals surface area contributed by atoms with E-state index in [1.165, 1.54) is 0 Å². The first-order valence-corrected chi connectivity index (χ1v) is 7.97. The molecule has 128 valence electrons. The number of carbonyl (C=O) groups is 1. The molecule has 0 atom stereocenters. The van der Waals surface area contributed by atoms with E-state index < -0.39 is 0 Å². The van der Waals surface area contributed by atoms with Gasteiger partial charge in [0.2, 0.25) is 11.9 Å². The molecular formula is C17H19N7O. The van der Waals surface area contributed by atoms with Gasteiger partial charge in [-0.05, 0) is 36.2 Å². The number of carbonyl (C=O) groups excluding carboxylic acids is 1. The minimum Gasteiger partial charge on any atom is -0.324 e. The maximum atomic E-state index is 12.3. The average Bonchev–Trinajstić information content (AvgIpc) is 3.02. The van der Waals surface area contributed by atoms with Crippen molar-refractivity contribution in [1.29, 1.82) is 0 Å². The van der Waals surface area contributed by atoms with E-state index in [1.54, 1.807) is 42.7 Å². The molecule has 1 amide bonds. The van der Waals surface area contributed by atoms with Crippen LogP contribution in [0.15, 0.2) is 42.7 Å². The van der Waals surface area contributed by atoms with E-state index in [2.05, 4.69) is 49.6 Å². The van der Waals surface area contributed by atoms with Gasteiger partial charge in [-0.15, -0.1) is 5.10 Å². The summed E-state index contributed by atoms with van der Waals surface area (Å²) in [6, 6.07) is 8.74. The van der Waals surface area contributed by atoms with Crippen molar-refractivity contribution >= 4 is 23.5 Å². The van der Waals surface area contributed by atoms with Gasteiger partial charge in [-0.2, -0.15) is 4.98 Å². The number of H-pyrrole nitrogens is 1. The largest absolute Gasteiger partial charge is 0.324 e. The maximum absolute atomic E-state index is 12.3. The van der Waals surface area contributed by atoms with E-state index >= 15 is 0 Å². The molecule has 0 saturated carbocycles. The van der Waals surface area contributed by atoms with Crippen LogP contribution in [0.5, 0.6) is 0 Å². The summed E-state index contributed by atoms with van der Waals surface area (Å²) in [5.41, 5.74) is 1.30. The second-order valence-electron chi connectivity index (χ2n) is 5.93. The lowest BCUT2D eigenvalue weighted by molar-refractivity contribution is 0.102. The van der Waals surface area contributed by atoms with Crippen LogP contribution in [-0.2, 0) is 6.42 Å². The Morgan fingerprint density at radius 2 is 1.84 bits per heavy atom. The molecule has 0 aliphatic rings. The molecule has 3 rings (SSSR count). The molecule has 0 radical (unpaired) electrons. The predicted molar refractivity (Wildman–Crippen MR) is 94.6 cm³/mol. The fourth-order valence-corrected chi connectivity index (χ4v) is 2.20. The van der Waals surface area contributed by atoms with Crippen molar-refractivity contribution in [3.8, 4) is 0 Å². The Morgan fingerprint density at radius 1 is 1.12 bits per heavy atom. The highest BCUT2D eigenvalue weighted by atomic mass is 16.1. The molecule has 0 bridgehead atoms. The molecule has 2 heterocycles. The third-order valence-electron chi connectivity index (χ3n) is 3.33. The predicted octanol–water partition coefficient (Wildman–Crippen LogP) is 2.79. The van der Waals surface area contributed by atoms with E-state index in [0.29, 0.717) is 17.4 Å². The number of aromatic nitrogens is 5. The van der Waals surface area contributed by atoms with E-state index in [9.17, 15) is 4.79 Å². The fraction of sp³-hybridized carbons (Fsp3) is 0.235. The first kappa shape index (κ1) is 16.6. The van der Waals surface area contributed by atoms with Gasteiger partial charge in [0.15, 0.2) is 0 Å². The van der Waals surface area contributed by atoms with Crippen LogP contribution in [0, 0.1) is 5.92 Å². The molecule has 0 aliphatic heterocycles. The zero-order chi connectivity index (χ0) is 17.6. The number of hydrogen-bond acceptors (Lipinski definition) is 6. The van der Waals surface area contributed by atoms with Gasteiger partial charge >= 0.3 is 0 Å². The van der Waals surface area contributed by atoms with Crippen molar-refractivity contribution in [2.24, 2.45) is 5.92 Å². The number of aromatic amines is 1. The SMILES string of the molecule is CC(C)Cc1nc(NC(=O)c2ccc(Nc3ncccn3)cc2)n[nH]1. The monoisotopic (exact) mass is 337 g/mol. The number of benzene rings is 1. The molecular weight excluding hydrogens is 318 g/mol. The highest BCUT2D eigenvalue weighted by Gasteiger charge is 2.10. The van der Waals surface area contributed by atoms with Gasteiger partial charge in [-0.1, -0.05) is 13.8 Å². The molecule has 25 heavy (non-hydrogen) atoms. The van der Waals surface area contributed by atoms with Gasteiger partial charge in [0.1, 0.15) is 5.82 Å². The summed E-state index contributed by atoms with van der Waals surface area (Å²) < 4.78 is 0. The van der Waals surface area contributed by atoms with Crippen molar-refractivity contribution in [2.75, 3.05) is 10.6 Å². The summed E-state index contributed by atoms with van der Waals surface area (Å²) in [5.74, 6) is 1.73. The Morgan fingerprint density at radius 3 is 2.52 bits per heavy atom. The van der Waals surface area contributed by atoms with E-state index in [-0.39, 0.29) is 11.9 Å². The van der Waals surface area contributed by atoms with Crippen LogP contribution in [0.4, 0.5) is 17.6 Å². The molecule has 8 heteroatoms. The molecule has 0 saturated heterocycles. The molecule has 0 spiro atoms. The van der Waals surface area contributed by atoms with Crippen molar-refractivity contribution in [3.05, 3.63) is 54.1 Å². The van der Waals surface area contributed by atoms with Gasteiger partial charge in [0.05, 0.1) is 0 Å². The quantitative estimate of drug-likeness (QED) is 0.638. The highest BCUT2D eigenvalue weighted by Crippen LogP contribution is 2.14. The van der Waals surface area contributed by atoms with Crippen molar-refractivity contribution in [1.82, 2.24) is 25.1 Å². The standard InChI is InChI=1S/C17H19N7O/c1-11(2)10-14-21-17(24-23-14)22-15(25)12-4-6-13(7-5-12)20-16-18-8-3-9-19-16/h3-9,11H,10H2,1-2H3,(H,18,19,20)(H2,21,22,23,24,25). The molecule has 0 unspecified atom stereocenters. The Bertz CT molecular complexity index is 828. The molecule has 0 fully saturated rings. The Labute approximate surface area is 145 Å². The minimum absolute atomic E-state index is 0.266. The van der Waals surface area contributed by atoms with Gasteiger partial charge < -0.3 is 5.32 Å². The Hall–Kier alpha value is -3.29. The fourth-order valence-electron chi connectivity index (χ4n) is 2.20. The van der Waals surface area contributed by atoms with Crippen LogP contribution in [0.2, 0.25) is 0 Å². The second-order valence-corrected chi connectivity index (χ2v) is 5.93. The smallest absolute Gasteiger partial charge is 0.258 e. The molecule has 1 aromatic carbocycles. The number of nitrogens with zero attached hydrogens (tertiary/aromatic N) is 4. The summed E-state index contributed by atoms with van der Waals surface area (Å²) in [5, 5.41) is 12.6. The zero-order valence-corrected chi connectivity index (χ0v) is 14.0. The van der Waals surface area contributed by atoms with Crippen LogP contribution in [0.25, 0.3) is 0 Å². The first-order valence-electron chi connectivity index (χ1n) is 7.97. The number of anilines is 3. The van der Waals surface area contributed by atoms with Crippen molar-refractivity contribution in [2.45, 2.75) is 20.3 Å². The lowest BCUT2D eigenvalue weighted by atomic mass is 10.1. The molecule has 0 aliphatic carbocycles. The zero-order valence-electron chi connectivity index (χ0n) is 14.0. The summed E-state index contributed by atoms with van der Waals surface area (Å²) in [6.45, 7) is 4.19. The molecule has 3 N–H and O–H groups in total. The van der Waals surface area contributed by atoms with Crippen molar-refractivity contribution < 1.29 is 4.79 Å².